The quantitative estimate of drug-likeness (QED) is 0.732. The third kappa shape index (κ3) is 3.53. The number of hydrogen-bond acceptors (Lipinski definition) is 3. The van der Waals surface area contributed by atoms with Crippen LogP contribution < -0.4 is 4.90 Å². The second-order valence-corrected chi connectivity index (χ2v) is 11.0. The molecule has 3 heterocycles. The van der Waals surface area contributed by atoms with Crippen LogP contribution in [0.3, 0.4) is 0 Å². The predicted octanol–water partition coefficient (Wildman–Crippen LogP) is 4.73. The first-order chi connectivity index (χ1) is 14.1. The van der Waals surface area contributed by atoms with Crippen LogP contribution in [-0.4, -0.2) is 61.2 Å². The van der Waals surface area contributed by atoms with E-state index in [9.17, 15) is 0 Å². The minimum absolute atomic E-state index is 0.391. The van der Waals surface area contributed by atoms with Crippen molar-refractivity contribution in [2.24, 2.45) is 23.7 Å². The number of hydrogen-bond donors (Lipinski definition) is 0. The number of benzene rings is 1. The first-order valence-corrected chi connectivity index (χ1v) is 12.3. The van der Waals surface area contributed by atoms with Crippen LogP contribution in [0, 0.1) is 23.7 Å². The molecule has 4 fully saturated rings. The lowest BCUT2D eigenvalue weighted by molar-refractivity contribution is 0.0640. The van der Waals surface area contributed by atoms with Crippen molar-refractivity contribution < 1.29 is 0 Å². The van der Waals surface area contributed by atoms with E-state index in [1.165, 1.54) is 76.9 Å². The van der Waals surface area contributed by atoms with Gasteiger partial charge < -0.3 is 14.7 Å². The summed E-state index contributed by atoms with van der Waals surface area (Å²) in [7, 11) is 2.33. The molecular formula is C26H41N3. The Morgan fingerprint density at radius 1 is 0.897 bits per heavy atom. The van der Waals surface area contributed by atoms with E-state index in [2.05, 4.69) is 65.9 Å². The molecule has 3 aliphatic heterocycles. The van der Waals surface area contributed by atoms with Gasteiger partial charge in [0.1, 0.15) is 0 Å². The van der Waals surface area contributed by atoms with Gasteiger partial charge in [-0.05, 0) is 75.5 Å². The second kappa shape index (κ2) is 7.89. The first-order valence-electron chi connectivity index (χ1n) is 12.3. The number of anilines is 1. The number of nitrogens with zero attached hydrogens (tertiary/aromatic N) is 3. The molecule has 2 atom stereocenters. The number of rotatable bonds is 3. The Morgan fingerprint density at radius 3 is 2.24 bits per heavy atom. The molecule has 5 rings (SSSR count). The highest BCUT2D eigenvalue weighted by Crippen LogP contribution is 2.51. The fraction of sp³-hybridized carbons (Fsp3) is 0.769. The van der Waals surface area contributed by atoms with Crippen molar-refractivity contribution in [3.63, 3.8) is 0 Å². The zero-order valence-corrected chi connectivity index (χ0v) is 18.9. The molecule has 4 aliphatic rings. The van der Waals surface area contributed by atoms with Gasteiger partial charge in [-0.25, -0.2) is 0 Å². The van der Waals surface area contributed by atoms with Crippen LogP contribution in [0.1, 0.15) is 52.4 Å². The van der Waals surface area contributed by atoms with Gasteiger partial charge in [-0.1, -0.05) is 32.0 Å². The first kappa shape index (κ1) is 19.9. The van der Waals surface area contributed by atoms with Crippen LogP contribution in [0.4, 0.5) is 5.69 Å². The second-order valence-electron chi connectivity index (χ2n) is 11.0. The van der Waals surface area contributed by atoms with E-state index in [1.807, 2.05) is 0 Å². The highest BCUT2D eigenvalue weighted by molar-refractivity contribution is 5.52. The topological polar surface area (TPSA) is 9.72 Å². The van der Waals surface area contributed by atoms with Gasteiger partial charge in [0, 0.05) is 55.9 Å². The Kier molecular flexibility index (Phi) is 5.41. The molecule has 0 amide bonds. The monoisotopic (exact) mass is 395 g/mol. The Bertz CT molecular complexity index is 670. The summed E-state index contributed by atoms with van der Waals surface area (Å²) >= 11 is 0. The minimum Gasteiger partial charge on any atom is -0.365 e. The van der Waals surface area contributed by atoms with Gasteiger partial charge in [0.15, 0.2) is 0 Å². The van der Waals surface area contributed by atoms with E-state index in [-0.39, 0.29) is 0 Å². The molecule has 3 heteroatoms. The molecule has 1 aromatic carbocycles. The van der Waals surface area contributed by atoms with Crippen molar-refractivity contribution in [2.45, 2.75) is 64.0 Å². The van der Waals surface area contributed by atoms with E-state index in [1.54, 1.807) is 0 Å². The number of fused-ring (bicyclic) bond motifs is 2. The van der Waals surface area contributed by atoms with Gasteiger partial charge >= 0.3 is 0 Å². The van der Waals surface area contributed by atoms with Gasteiger partial charge in [-0.3, -0.25) is 0 Å². The molecule has 0 aromatic heterocycles. The lowest BCUT2D eigenvalue weighted by Crippen LogP contribution is -2.58. The minimum atomic E-state index is 0.391. The molecular weight excluding hydrogens is 354 g/mol. The van der Waals surface area contributed by atoms with Crippen LogP contribution in [0.15, 0.2) is 30.3 Å². The molecule has 1 saturated carbocycles. The molecule has 29 heavy (non-hydrogen) atoms. The molecule has 1 spiro atoms. The normalized spacial score (nSPS) is 35.5. The van der Waals surface area contributed by atoms with Crippen LogP contribution in [0.5, 0.6) is 0 Å². The van der Waals surface area contributed by atoms with E-state index in [0.717, 1.165) is 29.7 Å². The molecule has 0 N–H and O–H groups in total. The van der Waals surface area contributed by atoms with Crippen LogP contribution in [0.2, 0.25) is 0 Å². The Morgan fingerprint density at radius 2 is 1.59 bits per heavy atom. The van der Waals surface area contributed by atoms with Crippen molar-refractivity contribution in [1.82, 2.24) is 9.80 Å². The summed E-state index contributed by atoms with van der Waals surface area (Å²) in [6.07, 6.45) is 8.51. The maximum absolute atomic E-state index is 2.89. The highest BCUT2D eigenvalue weighted by atomic mass is 15.3. The Labute approximate surface area is 178 Å². The summed E-state index contributed by atoms with van der Waals surface area (Å²) < 4.78 is 0. The molecule has 1 aliphatic carbocycles. The number of para-hydroxylation sites is 1. The van der Waals surface area contributed by atoms with E-state index < -0.39 is 0 Å². The molecule has 3 nitrogen and oxygen atoms in total. The van der Waals surface area contributed by atoms with Crippen molar-refractivity contribution in [3.05, 3.63) is 30.3 Å². The Hall–Kier alpha value is -1.06. The summed E-state index contributed by atoms with van der Waals surface area (Å²) in [5.74, 6) is 3.55. The predicted molar refractivity (Wildman–Crippen MR) is 122 cm³/mol. The van der Waals surface area contributed by atoms with Crippen LogP contribution in [-0.2, 0) is 0 Å². The third-order valence-electron chi connectivity index (χ3n) is 9.20. The highest BCUT2D eigenvalue weighted by Gasteiger charge is 2.57. The zero-order valence-electron chi connectivity index (χ0n) is 18.9. The smallest absolute Gasteiger partial charge is 0.0470 e. The third-order valence-corrected chi connectivity index (χ3v) is 9.20. The average Bonchev–Trinajstić information content (AvgIpc) is 3.25. The summed E-state index contributed by atoms with van der Waals surface area (Å²) in [6, 6.07) is 12.2. The number of likely N-dealkylation sites (tertiary alicyclic amines) is 2. The summed E-state index contributed by atoms with van der Waals surface area (Å²) in [5, 5.41) is 0. The fourth-order valence-corrected chi connectivity index (χ4v) is 7.52. The maximum atomic E-state index is 2.89. The average molecular weight is 396 g/mol. The van der Waals surface area contributed by atoms with Crippen LogP contribution in [0.25, 0.3) is 0 Å². The van der Waals surface area contributed by atoms with Crippen molar-refractivity contribution >= 4 is 5.69 Å². The van der Waals surface area contributed by atoms with E-state index in [4.69, 9.17) is 0 Å². The van der Waals surface area contributed by atoms with Gasteiger partial charge in [0.2, 0.25) is 0 Å². The maximum Gasteiger partial charge on any atom is 0.0470 e. The van der Waals surface area contributed by atoms with E-state index in [0.29, 0.717) is 5.54 Å². The standard InChI is InChI=1S/C26H41N3/c1-20(2)21-9-11-23(12-10-21)28-15-13-26(14-16-28)25-19-27(3)17-22(25)18-29(26)24-7-5-4-6-8-24/h4-8,20-23,25H,9-19H2,1-3H3/t21?,22-,23?,25-/m0/s1. The lowest BCUT2D eigenvalue weighted by atomic mass is 9.73. The van der Waals surface area contributed by atoms with Crippen molar-refractivity contribution in [2.75, 3.05) is 44.7 Å². The van der Waals surface area contributed by atoms with E-state index >= 15 is 0 Å². The van der Waals surface area contributed by atoms with Gasteiger partial charge in [0.25, 0.3) is 0 Å². The molecule has 0 unspecified atom stereocenters. The summed E-state index contributed by atoms with van der Waals surface area (Å²) in [5.41, 5.74) is 1.86. The SMILES string of the molecule is CC(C)C1CCC(N2CCC3(CC2)[C@H]2CN(C)C[C@H]2CN3c2ccccc2)CC1. The zero-order chi connectivity index (χ0) is 20.0. The molecule has 3 saturated heterocycles. The summed E-state index contributed by atoms with van der Waals surface area (Å²) in [4.78, 5) is 8.33. The van der Waals surface area contributed by atoms with Gasteiger partial charge in [-0.15, -0.1) is 0 Å². The molecule has 1 aromatic rings. The largest absolute Gasteiger partial charge is 0.365 e. The molecule has 0 bridgehead atoms. The van der Waals surface area contributed by atoms with Gasteiger partial charge in [-0.2, -0.15) is 0 Å². The molecule has 160 valence electrons. The van der Waals surface area contributed by atoms with Crippen molar-refractivity contribution in [1.29, 1.82) is 0 Å². The van der Waals surface area contributed by atoms with Gasteiger partial charge in [0.05, 0.1) is 0 Å². The fourth-order valence-electron chi connectivity index (χ4n) is 7.52. The molecule has 0 radical (unpaired) electrons. The van der Waals surface area contributed by atoms with Crippen molar-refractivity contribution in [3.8, 4) is 0 Å². The lowest BCUT2D eigenvalue weighted by Gasteiger charge is -2.51. The summed E-state index contributed by atoms with van der Waals surface area (Å²) in [6.45, 7) is 11.3. The number of piperidine rings is 1. The van der Waals surface area contributed by atoms with Crippen LogP contribution >= 0.6 is 0 Å². The Balaban J connectivity index is 1.30.